The zero-order chi connectivity index (χ0) is 12.3. The first-order valence-electron chi connectivity index (χ1n) is 5.35. The lowest BCUT2D eigenvalue weighted by molar-refractivity contribution is 0.112. The van der Waals surface area contributed by atoms with Crippen molar-refractivity contribution in [2.75, 3.05) is 0 Å². The van der Waals surface area contributed by atoms with Crippen molar-refractivity contribution in [3.05, 3.63) is 59.2 Å². The topological polar surface area (TPSA) is 34.1 Å². The molecule has 0 aliphatic rings. The monoisotopic (exact) mass is 224 g/mol. The lowest BCUT2D eigenvalue weighted by atomic mass is 9.99. The SMILES string of the molecule is Cc1cccc(-c2cc(C=O)cc(C=O)c2)c1. The largest absolute Gasteiger partial charge is 0.298 e. The van der Waals surface area contributed by atoms with Gasteiger partial charge >= 0.3 is 0 Å². The highest BCUT2D eigenvalue weighted by Gasteiger charge is 2.02. The van der Waals surface area contributed by atoms with Crippen molar-refractivity contribution in [3.63, 3.8) is 0 Å². The maximum absolute atomic E-state index is 10.8. The van der Waals surface area contributed by atoms with E-state index in [0.29, 0.717) is 11.1 Å². The van der Waals surface area contributed by atoms with Crippen LogP contribution in [-0.2, 0) is 0 Å². The standard InChI is InChI=1S/C15H12O2/c1-11-3-2-4-14(5-11)15-7-12(9-16)6-13(8-15)10-17/h2-10H,1H3. The number of benzene rings is 2. The lowest BCUT2D eigenvalue weighted by Gasteiger charge is -2.05. The predicted octanol–water partition coefficient (Wildman–Crippen LogP) is 3.29. The Hall–Kier alpha value is -2.22. The molecule has 0 spiro atoms. The maximum Gasteiger partial charge on any atom is 0.150 e. The van der Waals surface area contributed by atoms with Gasteiger partial charge in [-0.15, -0.1) is 0 Å². The molecule has 0 heterocycles. The molecule has 17 heavy (non-hydrogen) atoms. The van der Waals surface area contributed by atoms with Crippen LogP contribution < -0.4 is 0 Å². The van der Waals surface area contributed by atoms with E-state index in [4.69, 9.17) is 0 Å². The molecule has 0 atom stereocenters. The molecule has 2 aromatic rings. The van der Waals surface area contributed by atoms with Crippen LogP contribution in [0.2, 0.25) is 0 Å². The van der Waals surface area contributed by atoms with Crippen LogP contribution in [0.25, 0.3) is 11.1 Å². The van der Waals surface area contributed by atoms with Gasteiger partial charge in [-0.05, 0) is 36.2 Å². The van der Waals surface area contributed by atoms with Crippen LogP contribution in [0.3, 0.4) is 0 Å². The van der Waals surface area contributed by atoms with Gasteiger partial charge in [-0.1, -0.05) is 29.8 Å². The Balaban J connectivity index is 2.58. The number of rotatable bonds is 3. The van der Waals surface area contributed by atoms with E-state index in [1.54, 1.807) is 18.2 Å². The van der Waals surface area contributed by atoms with Gasteiger partial charge in [0.05, 0.1) is 0 Å². The van der Waals surface area contributed by atoms with E-state index in [0.717, 1.165) is 29.3 Å². The van der Waals surface area contributed by atoms with Gasteiger partial charge in [-0.2, -0.15) is 0 Å². The summed E-state index contributed by atoms with van der Waals surface area (Å²) < 4.78 is 0. The first-order chi connectivity index (χ1) is 8.22. The quantitative estimate of drug-likeness (QED) is 0.750. The summed E-state index contributed by atoms with van der Waals surface area (Å²) in [5.74, 6) is 0. The lowest BCUT2D eigenvalue weighted by Crippen LogP contribution is -1.89. The Morgan fingerprint density at radius 3 is 2.00 bits per heavy atom. The van der Waals surface area contributed by atoms with Crippen LogP contribution >= 0.6 is 0 Å². The summed E-state index contributed by atoms with van der Waals surface area (Å²) in [6.07, 6.45) is 1.51. The first-order valence-corrected chi connectivity index (χ1v) is 5.35. The Morgan fingerprint density at radius 2 is 1.47 bits per heavy atom. The van der Waals surface area contributed by atoms with Crippen LogP contribution in [0.1, 0.15) is 26.3 Å². The smallest absolute Gasteiger partial charge is 0.150 e. The fourth-order valence-corrected chi connectivity index (χ4v) is 1.80. The van der Waals surface area contributed by atoms with Crippen molar-refractivity contribution >= 4 is 12.6 Å². The van der Waals surface area contributed by atoms with Gasteiger partial charge < -0.3 is 0 Å². The van der Waals surface area contributed by atoms with Crippen molar-refractivity contribution in [2.45, 2.75) is 6.92 Å². The molecule has 0 aromatic heterocycles. The van der Waals surface area contributed by atoms with Crippen molar-refractivity contribution < 1.29 is 9.59 Å². The van der Waals surface area contributed by atoms with Gasteiger partial charge in [0.2, 0.25) is 0 Å². The molecule has 0 N–H and O–H groups in total. The van der Waals surface area contributed by atoms with Crippen molar-refractivity contribution in [2.24, 2.45) is 0 Å². The molecule has 0 fully saturated rings. The number of carbonyl (C=O) groups excluding carboxylic acids is 2. The van der Waals surface area contributed by atoms with Crippen LogP contribution in [0.4, 0.5) is 0 Å². The minimum Gasteiger partial charge on any atom is -0.298 e. The van der Waals surface area contributed by atoms with E-state index in [9.17, 15) is 9.59 Å². The Morgan fingerprint density at radius 1 is 0.824 bits per heavy atom. The maximum atomic E-state index is 10.8. The minimum atomic E-state index is 0.520. The summed E-state index contributed by atoms with van der Waals surface area (Å²) in [6, 6.07) is 13.1. The molecule has 0 aliphatic carbocycles. The molecule has 0 radical (unpaired) electrons. The third kappa shape index (κ3) is 2.48. The number of carbonyl (C=O) groups is 2. The molecule has 2 heteroatoms. The molecular formula is C15H12O2. The fourth-order valence-electron chi connectivity index (χ4n) is 1.80. The summed E-state index contributed by atoms with van der Waals surface area (Å²) in [5.41, 5.74) is 4.08. The van der Waals surface area contributed by atoms with Crippen molar-refractivity contribution in [3.8, 4) is 11.1 Å². The molecule has 0 unspecified atom stereocenters. The third-order valence-corrected chi connectivity index (χ3v) is 2.60. The third-order valence-electron chi connectivity index (χ3n) is 2.60. The first kappa shape index (κ1) is 11.3. The summed E-state index contributed by atoms with van der Waals surface area (Å²) in [4.78, 5) is 21.6. The summed E-state index contributed by atoms with van der Waals surface area (Å²) >= 11 is 0. The average molecular weight is 224 g/mol. The molecule has 0 aliphatic heterocycles. The highest BCUT2D eigenvalue weighted by Crippen LogP contribution is 2.22. The van der Waals surface area contributed by atoms with Crippen LogP contribution in [-0.4, -0.2) is 12.6 Å². The summed E-state index contributed by atoms with van der Waals surface area (Å²) in [7, 11) is 0. The van der Waals surface area contributed by atoms with E-state index in [1.807, 2.05) is 31.2 Å². The van der Waals surface area contributed by atoms with Crippen LogP contribution in [0.15, 0.2) is 42.5 Å². The van der Waals surface area contributed by atoms with Gasteiger partial charge in [0.15, 0.2) is 0 Å². The molecule has 0 saturated carbocycles. The highest BCUT2D eigenvalue weighted by atomic mass is 16.1. The van der Waals surface area contributed by atoms with Gasteiger partial charge in [0.25, 0.3) is 0 Å². The minimum absolute atomic E-state index is 0.520. The Kier molecular flexibility index (Phi) is 3.15. The zero-order valence-electron chi connectivity index (χ0n) is 9.51. The van der Waals surface area contributed by atoms with Gasteiger partial charge in [-0.25, -0.2) is 0 Å². The zero-order valence-corrected chi connectivity index (χ0v) is 9.51. The van der Waals surface area contributed by atoms with Gasteiger partial charge in [0, 0.05) is 11.1 Å². The van der Waals surface area contributed by atoms with E-state index >= 15 is 0 Å². The average Bonchev–Trinajstić information content (AvgIpc) is 2.38. The van der Waals surface area contributed by atoms with Crippen LogP contribution in [0, 0.1) is 6.92 Å². The highest BCUT2D eigenvalue weighted by molar-refractivity contribution is 5.86. The number of aryl methyl sites for hydroxylation is 1. The second-order valence-corrected chi connectivity index (χ2v) is 3.99. The van der Waals surface area contributed by atoms with Crippen molar-refractivity contribution in [1.82, 2.24) is 0 Å². The van der Waals surface area contributed by atoms with E-state index < -0.39 is 0 Å². The summed E-state index contributed by atoms with van der Waals surface area (Å²) in [5, 5.41) is 0. The van der Waals surface area contributed by atoms with E-state index in [1.165, 1.54) is 0 Å². The summed E-state index contributed by atoms with van der Waals surface area (Å²) in [6.45, 7) is 2.01. The Labute approximate surface area is 99.9 Å². The predicted molar refractivity (Wildman–Crippen MR) is 67.4 cm³/mol. The molecule has 0 saturated heterocycles. The van der Waals surface area contributed by atoms with Crippen molar-refractivity contribution in [1.29, 1.82) is 0 Å². The number of aldehydes is 2. The molecule has 2 aromatic carbocycles. The normalized spacial score (nSPS) is 9.94. The second kappa shape index (κ2) is 4.74. The number of hydrogen-bond acceptors (Lipinski definition) is 2. The number of hydrogen-bond donors (Lipinski definition) is 0. The molecule has 0 bridgehead atoms. The molecular weight excluding hydrogens is 212 g/mol. The van der Waals surface area contributed by atoms with Gasteiger partial charge in [0.1, 0.15) is 12.6 Å². The van der Waals surface area contributed by atoms with Gasteiger partial charge in [-0.3, -0.25) is 9.59 Å². The Bertz CT molecular complexity index is 545. The fraction of sp³-hybridized carbons (Fsp3) is 0.0667. The van der Waals surface area contributed by atoms with Crippen LogP contribution in [0.5, 0.6) is 0 Å². The molecule has 84 valence electrons. The molecule has 2 nitrogen and oxygen atoms in total. The molecule has 0 amide bonds. The van der Waals surface area contributed by atoms with E-state index in [2.05, 4.69) is 0 Å². The molecule has 2 rings (SSSR count). The second-order valence-electron chi connectivity index (χ2n) is 3.99. The van der Waals surface area contributed by atoms with E-state index in [-0.39, 0.29) is 0 Å².